The predicted molar refractivity (Wildman–Crippen MR) is 76.7 cm³/mol. The van der Waals surface area contributed by atoms with Crippen molar-refractivity contribution in [3.63, 3.8) is 0 Å². The fourth-order valence-electron chi connectivity index (χ4n) is 2.01. The van der Waals surface area contributed by atoms with Gasteiger partial charge in [0.1, 0.15) is 0 Å². The van der Waals surface area contributed by atoms with Crippen LogP contribution in [-0.2, 0) is 11.3 Å². The second-order valence-electron chi connectivity index (χ2n) is 4.83. The molecule has 0 saturated carbocycles. The Morgan fingerprint density at radius 3 is 2.16 bits per heavy atom. The van der Waals surface area contributed by atoms with Crippen LogP contribution in [0.4, 0.5) is 0 Å². The van der Waals surface area contributed by atoms with E-state index in [-0.39, 0.29) is 5.92 Å². The average Bonchev–Trinajstić information content (AvgIpc) is 2.48. The molecule has 0 aromatic heterocycles. The summed E-state index contributed by atoms with van der Waals surface area (Å²) in [5, 5.41) is 10.2. The van der Waals surface area contributed by atoms with Crippen LogP contribution in [0, 0.1) is 5.92 Å². The van der Waals surface area contributed by atoms with Crippen LogP contribution in [0.1, 0.15) is 24.2 Å². The first-order valence-electron chi connectivity index (χ1n) is 6.62. The Morgan fingerprint density at radius 2 is 1.53 bits per heavy atom. The molecule has 100 valence electrons. The lowest BCUT2D eigenvalue weighted by molar-refractivity contribution is 0.0281. The number of ether oxygens (including phenoxy) is 1. The lowest BCUT2D eigenvalue weighted by Crippen LogP contribution is -2.15. The molecule has 0 aliphatic rings. The van der Waals surface area contributed by atoms with Gasteiger partial charge in [0.2, 0.25) is 0 Å². The van der Waals surface area contributed by atoms with Crippen molar-refractivity contribution in [2.75, 3.05) is 6.61 Å². The number of benzene rings is 2. The van der Waals surface area contributed by atoms with Gasteiger partial charge in [0.05, 0.1) is 19.3 Å². The predicted octanol–water partition coefficient (Wildman–Crippen LogP) is 3.57. The molecule has 1 N–H and O–H groups in total. The quantitative estimate of drug-likeness (QED) is 0.856. The van der Waals surface area contributed by atoms with E-state index >= 15 is 0 Å². The highest BCUT2D eigenvalue weighted by Gasteiger charge is 2.16. The molecule has 2 rings (SSSR count). The van der Waals surface area contributed by atoms with Gasteiger partial charge >= 0.3 is 0 Å². The molecule has 2 aromatic rings. The maximum atomic E-state index is 10.2. The molecule has 2 atom stereocenters. The van der Waals surface area contributed by atoms with E-state index < -0.39 is 6.10 Å². The van der Waals surface area contributed by atoms with Gasteiger partial charge in [-0.15, -0.1) is 0 Å². The Morgan fingerprint density at radius 1 is 0.947 bits per heavy atom. The summed E-state index contributed by atoms with van der Waals surface area (Å²) in [4.78, 5) is 0. The molecule has 0 aliphatic heterocycles. The zero-order valence-electron chi connectivity index (χ0n) is 11.2. The van der Waals surface area contributed by atoms with Gasteiger partial charge in [0, 0.05) is 5.92 Å². The smallest absolute Gasteiger partial charge is 0.0837 e. The minimum Gasteiger partial charge on any atom is -0.388 e. The molecule has 0 bridgehead atoms. The van der Waals surface area contributed by atoms with Gasteiger partial charge in [-0.05, 0) is 11.1 Å². The van der Waals surface area contributed by atoms with Crippen molar-refractivity contribution in [1.29, 1.82) is 0 Å². The van der Waals surface area contributed by atoms with Crippen LogP contribution in [0.2, 0.25) is 0 Å². The third kappa shape index (κ3) is 4.19. The molecule has 0 amide bonds. The zero-order valence-corrected chi connectivity index (χ0v) is 11.2. The zero-order chi connectivity index (χ0) is 13.5. The van der Waals surface area contributed by atoms with Crippen LogP contribution < -0.4 is 0 Å². The summed E-state index contributed by atoms with van der Waals surface area (Å²) in [5.41, 5.74) is 2.10. The van der Waals surface area contributed by atoms with Crippen molar-refractivity contribution in [1.82, 2.24) is 0 Å². The van der Waals surface area contributed by atoms with E-state index in [0.717, 1.165) is 11.1 Å². The van der Waals surface area contributed by atoms with Crippen molar-refractivity contribution in [3.05, 3.63) is 71.8 Å². The second kappa shape index (κ2) is 7.07. The van der Waals surface area contributed by atoms with E-state index in [9.17, 15) is 5.11 Å². The van der Waals surface area contributed by atoms with E-state index in [1.165, 1.54) is 0 Å². The van der Waals surface area contributed by atoms with E-state index in [0.29, 0.717) is 13.2 Å². The van der Waals surface area contributed by atoms with E-state index in [2.05, 4.69) is 0 Å². The molecule has 0 fully saturated rings. The third-order valence-electron chi connectivity index (χ3n) is 3.17. The SMILES string of the molecule is C[C@H](COCc1ccccc1)[C@H](O)c1ccccc1. The van der Waals surface area contributed by atoms with Crippen molar-refractivity contribution >= 4 is 0 Å². The van der Waals surface area contributed by atoms with Gasteiger partial charge in [-0.2, -0.15) is 0 Å². The Bertz CT molecular complexity index is 467. The molecular formula is C17H20O2. The van der Waals surface area contributed by atoms with Crippen LogP contribution in [0.5, 0.6) is 0 Å². The summed E-state index contributed by atoms with van der Waals surface area (Å²) in [5.74, 6) is 0.0751. The Labute approximate surface area is 114 Å². The summed E-state index contributed by atoms with van der Waals surface area (Å²) in [6.07, 6.45) is -0.475. The van der Waals surface area contributed by atoms with Crippen molar-refractivity contribution in [3.8, 4) is 0 Å². The van der Waals surface area contributed by atoms with Crippen molar-refractivity contribution in [2.24, 2.45) is 5.92 Å². The van der Waals surface area contributed by atoms with Gasteiger partial charge < -0.3 is 9.84 Å². The highest BCUT2D eigenvalue weighted by molar-refractivity contribution is 5.18. The summed E-state index contributed by atoms with van der Waals surface area (Å²) >= 11 is 0. The van der Waals surface area contributed by atoms with Crippen LogP contribution in [0.3, 0.4) is 0 Å². The van der Waals surface area contributed by atoms with E-state index in [1.807, 2.05) is 67.6 Å². The van der Waals surface area contributed by atoms with Crippen LogP contribution >= 0.6 is 0 Å². The van der Waals surface area contributed by atoms with Crippen molar-refractivity contribution < 1.29 is 9.84 Å². The monoisotopic (exact) mass is 256 g/mol. The van der Waals surface area contributed by atoms with Crippen molar-refractivity contribution in [2.45, 2.75) is 19.6 Å². The molecule has 2 nitrogen and oxygen atoms in total. The minimum absolute atomic E-state index is 0.0751. The number of hydrogen-bond acceptors (Lipinski definition) is 2. The van der Waals surface area contributed by atoms with E-state index in [1.54, 1.807) is 0 Å². The summed E-state index contributed by atoms with van der Waals surface area (Å²) in [7, 11) is 0. The molecule has 0 heterocycles. The molecular weight excluding hydrogens is 236 g/mol. The first-order valence-corrected chi connectivity index (χ1v) is 6.62. The number of aliphatic hydroxyl groups excluding tert-OH is 1. The molecule has 2 aromatic carbocycles. The topological polar surface area (TPSA) is 29.5 Å². The molecule has 19 heavy (non-hydrogen) atoms. The fraction of sp³-hybridized carbons (Fsp3) is 0.294. The molecule has 0 saturated heterocycles. The van der Waals surface area contributed by atoms with Crippen LogP contribution in [-0.4, -0.2) is 11.7 Å². The molecule has 0 aliphatic carbocycles. The lowest BCUT2D eigenvalue weighted by Gasteiger charge is -2.19. The van der Waals surface area contributed by atoms with Gasteiger partial charge in [-0.1, -0.05) is 67.6 Å². The van der Waals surface area contributed by atoms with Crippen LogP contribution in [0.15, 0.2) is 60.7 Å². The first kappa shape index (κ1) is 13.8. The Kier molecular flexibility index (Phi) is 5.13. The Balaban J connectivity index is 1.80. The van der Waals surface area contributed by atoms with Gasteiger partial charge in [-0.3, -0.25) is 0 Å². The van der Waals surface area contributed by atoms with Gasteiger partial charge in [0.15, 0.2) is 0 Å². The number of aliphatic hydroxyl groups is 1. The molecule has 0 spiro atoms. The fourth-order valence-corrected chi connectivity index (χ4v) is 2.01. The highest BCUT2D eigenvalue weighted by Crippen LogP contribution is 2.21. The third-order valence-corrected chi connectivity index (χ3v) is 3.17. The molecule has 2 heteroatoms. The minimum atomic E-state index is -0.475. The number of rotatable bonds is 6. The van der Waals surface area contributed by atoms with Gasteiger partial charge in [-0.25, -0.2) is 0 Å². The lowest BCUT2D eigenvalue weighted by atomic mass is 9.98. The summed E-state index contributed by atoms with van der Waals surface area (Å²) in [6.45, 7) is 3.14. The normalized spacial score (nSPS) is 14.0. The molecule has 0 unspecified atom stereocenters. The largest absolute Gasteiger partial charge is 0.388 e. The highest BCUT2D eigenvalue weighted by atomic mass is 16.5. The van der Waals surface area contributed by atoms with E-state index in [4.69, 9.17) is 4.74 Å². The standard InChI is InChI=1S/C17H20O2/c1-14(17(18)16-10-6-3-7-11-16)12-19-13-15-8-4-2-5-9-15/h2-11,14,17-18H,12-13H2,1H3/t14-,17+/m1/s1. The maximum Gasteiger partial charge on any atom is 0.0837 e. The summed E-state index contributed by atoms with van der Waals surface area (Å²) in [6, 6.07) is 19.8. The summed E-state index contributed by atoms with van der Waals surface area (Å²) < 4.78 is 5.66. The molecule has 0 radical (unpaired) electrons. The van der Waals surface area contributed by atoms with Gasteiger partial charge in [0.25, 0.3) is 0 Å². The average molecular weight is 256 g/mol. The maximum absolute atomic E-state index is 10.2. The Hall–Kier alpha value is -1.64. The second-order valence-corrected chi connectivity index (χ2v) is 4.83. The van der Waals surface area contributed by atoms with Crippen LogP contribution in [0.25, 0.3) is 0 Å². The number of hydrogen-bond donors (Lipinski definition) is 1. The first-order chi connectivity index (χ1) is 9.27.